The van der Waals surface area contributed by atoms with Crippen LogP contribution in [0.2, 0.25) is 0 Å². The summed E-state index contributed by atoms with van der Waals surface area (Å²) in [6.45, 7) is 4.04. The Bertz CT molecular complexity index is 539. The molecule has 0 fully saturated rings. The number of carbonyl (C=O) groups excluding carboxylic acids is 1. The number of ether oxygens (including phenoxy) is 1. The molecule has 6 heteroatoms. The summed E-state index contributed by atoms with van der Waals surface area (Å²) in [6.07, 6.45) is 5.05. The number of nitrogens with one attached hydrogen (secondary N) is 2. The van der Waals surface area contributed by atoms with Gasteiger partial charge in [-0.3, -0.25) is 0 Å². The molecule has 2 rings (SSSR count). The summed E-state index contributed by atoms with van der Waals surface area (Å²) in [5, 5.41) is 3.15. The van der Waals surface area contributed by atoms with Crippen molar-refractivity contribution < 1.29 is 9.53 Å². The van der Waals surface area contributed by atoms with Gasteiger partial charge in [0, 0.05) is 18.6 Å². The van der Waals surface area contributed by atoms with Crippen LogP contribution in [-0.4, -0.2) is 27.5 Å². The van der Waals surface area contributed by atoms with Crippen LogP contribution in [0, 0.1) is 0 Å². The maximum Gasteiger partial charge on any atom is 0.341 e. The monoisotopic (exact) mass is 260 g/mol. The minimum atomic E-state index is -0.384. The highest BCUT2D eigenvalue weighted by Crippen LogP contribution is 2.18. The van der Waals surface area contributed by atoms with E-state index in [0.717, 1.165) is 5.82 Å². The summed E-state index contributed by atoms with van der Waals surface area (Å²) in [4.78, 5) is 23.2. The van der Waals surface area contributed by atoms with Crippen LogP contribution < -0.4 is 5.32 Å². The molecule has 0 amide bonds. The van der Waals surface area contributed by atoms with Gasteiger partial charge in [-0.15, -0.1) is 0 Å². The molecule has 0 aliphatic heterocycles. The number of carbonyl (C=O) groups is 1. The van der Waals surface area contributed by atoms with Gasteiger partial charge in [-0.1, -0.05) is 0 Å². The summed E-state index contributed by atoms with van der Waals surface area (Å²) < 4.78 is 5.00. The fraction of sp³-hybridized carbons (Fsp3) is 0.308. The smallest absolute Gasteiger partial charge is 0.341 e. The third-order valence-corrected chi connectivity index (χ3v) is 2.59. The Kier molecular flexibility index (Phi) is 4.12. The summed E-state index contributed by atoms with van der Waals surface area (Å²) in [6, 6.07) is 3.30. The summed E-state index contributed by atoms with van der Waals surface area (Å²) in [5.74, 6) is 0.884. The Balaban J connectivity index is 2.18. The Morgan fingerprint density at radius 2 is 2.32 bits per heavy atom. The van der Waals surface area contributed by atoms with E-state index in [9.17, 15) is 4.79 Å². The van der Waals surface area contributed by atoms with E-state index < -0.39 is 0 Å². The maximum atomic E-state index is 11.8. The predicted molar refractivity (Wildman–Crippen MR) is 70.8 cm³/mol. The third kappa shape index (κ3) is 3.09. The number of esters is 1. The molecule has 0 saturated carbocycles. The van der Waals surface area contributed by atoms with E-state index in [4.69, 9.17) is 4.74 Å². The molecule has 0 aliphatic carbocycles. The van der Waals surface area contributed by atoms with Crippen LogP contribution in [0.5, 0.6) is 0 Å². The minimum absolute atomic E-state index is 0.0851. The van der Waals surface area contributed by atoms with Crippen LogP contribution in [0.4, 0.5) is 5.82 Å². The highest BCUT2D eigenvalue weighted by molar-refractivity contribution is 5.94. The largest absolute Gasteiger partial charge is 0.462 e. The lowest BCUT2D eigenvalue weighted by atomic mass is 10.2. The van der Waals surface area contributed by atoms with Gasteiger partial charge in [0.1, 0.15) is 17.2 Å². The molecule has 2 aromatic heterocycles. The zero-order valence-electron chi connectivity index (χ0n) is 10.9. The van der Waals surface area contributed by atoms with E-state index in [-0.39, 0.29) is 12.0 Å². The normalized spacial score (nSPS) is 11.9. The molecule has 0 aromatic carbocycles. The first-order valence-corrected chi connectivity index (χ1v) is 6.10. The van der Waals surface area contributed by atoms with Gasteiger partial charge in [-0.25, -0.2) is 14.8 Å². The lowest BCUT2D eigenvalue weighted by molar-refractivity contribution is 0.0527. The van der Waals surface area contributed by atoms with E-state index in [2.05, 4.69) is 20.3 Å². The second-order valence-electron chi connectivity index (χ2n) is 3.96. The molecule has 0 radical (unpaired) electrons. The van der Waals surface area contributed by atoms with Crippen LogP contribution >= 0.6 is 0 Å². The van der Waals surface area contributed by atoms with E-state index in [1.165, 1.54) is 0 Å². The highest BCUT2D eigenvalue weighted by atomic mass is 16.5. The highest BCUT2D eigenvalue weighted by Gasteiger charge is 2.16. The summed E-state index contributed by atoms with van der Waals surface area (Å²) in [5.41, 5.74) is 0.419. The van der Waals surface area contributed by atoms with Crippen molar-refractivity contribution in [2.75, 3.05) is 11.9 Å². The van der Waals surface area contributed by atoms with Gasteiger partial charge >= 0.3 is 5.97 Å². The fourth-order valence-corrected chi connectivity index (χ4v) is 1.68. The Hall–Kier alpha value is -2.37. The number of H-pyrrole nitrogens is 1. The molecule has 2 N–H and O–H groups in total. The van der Waals surface area contributed by atoms with Crippen LogP contribution in [-0.2, 0) is 4.74 Å². The molecular weight excluding hydrogens is 244 g/mol. The maximum absolute atomic E-state index is 11.8. The molecule has 1 atom stereocenters. The molecule has 0 aliphatic rings. The number of rotatable bonds is 5. The zero-order chi connectivity index (χ0) is 13.7. The van der Waals surface area contributed by atoms with Gasteiger partial charge in [0.25, 0.3) is 0 Å². The minimum Gasteiger partial charge on any atom is -0.462 e. The number of pyridine rings is 1. The Labute approximate surface area is 111 Å². The molecule has 6 nitrogen and oxygen atoms in total. The number of aromatic amines is 1. The van der Waals surface area contributed by atoms with Crippen LogP contribution in [0.3, 0.4) is 0 Å². The van der Waals surface area contributed by atoms with E-state index >= 15 is 0 Å². The number of hydrogen-bond acceptors (Lipinski definition) is 5. The summed E-state index contributed by atoms with van der Waals surface area (Å²) in [7, 11) is 0. The van der Waals surface area contributed by atoms with Gasteiger partial charge < -0.3 is 15.0 Å². The topological polar surface area (TPSA) is 79.9 Å². The molecule has 19 heavy (non-hydrogen) atoms. The van der Waals surface area contributed by atoms with Crippen molar-refractivity contribution >= 4 is 11.8 Å². The first kappa shape index (κ1) is 13.1. The Morgan fingerprint density at radius 3 is 3.00 bits per heavy atom. The quantitative estimate of drug-likeness (QED) is 0.805. The predicted octanol–water partition coefficient (Wildman–Crippen LogP) is 2.15. The second-order valence-corrected chi connectivity index (χ2v) is 3.96. The van der Waals surface area contributed by atoms with E-state index in [1.807, 2.05) is 6.92 Å². The van der Waals surface area contributed by atoms with Crippen molar-refractivity contribution in [1.82, 2.24) is 15.0 Å². The average molecular weight is 260 g/mol. The number of nitrogens with zero attached hydrogens (tertiary/aromatic N) is 2. The number of hydrogen-bond donors (Lipinski definition) is 2. The van der Waals surface area contributed by atoms with Crippen LogP contribution in [0.25, 0.3) is 0 Å². The van der Waals surface area contributed by atoms with Crippen molar-refractivity contribution in [3.05, 3.63) is 42.1 Å². The lowest BCUT2D eigenvalue weighted by Gasteiger charge is -2.14. The van der Waals surface area contributed by atoms with Crippen molar-refractivity contribution in [2.45, 2.75) is 19.9 Å². The molecular formula is C13H16N4O2. The van der Waals surface area contributed by atoms with Crippen molar-refractivity contribution in [1.29, 1.82) is 0 Å². The van der Waals surface area contributed by atoms with Gasteiger partial charge in [0.2, 0.25) is 0 Å². The standard InChI is InChI=1S/C13H16N4O2/c1-3-19-13(18)10-5-4-6-14-12(10)17-9(2)11-15-7-8-16-11/h4-9H,3H2,1-2H3,(H,14,17)(H,15,16). The molecule has 2 heterocycles. The molecule has 1 unspecified atom stereocenters. The molecule has 0 spiro atoms. The molecule has 100 valence electrons. The lowest BCUT2D eigenvalue weighted by Crippen LogP contribution is -2.14. The van der Waals surface area contributed by atoms with Crippen molar-refractivity contribution in [3.8, 4) is 0 Å². The Morgan fingerprint density at radius 1 is 1.47 bits per heavy atom. The van der Waals surface area contributed by atoms with E-state index in [0.29, 0.717) is 18.0 Å². The zero-order valence-corrected chi connectivity index (χ0v) is 10.9. The van der Waals surface area contributed by atoms with Gasteiger partial charge in [-0.2, -0.15) is 0 Å². The molecule has 2 aromatic rings. The fourth-order valence-electron chi connectivity index (χ4n) is 1.68. The number of aromatic nitrogens is 3. The first-order chi connectivity index (χ1) is 9.22. The van der Waals surface area contributed by atoms with Crippen molar-refractivity contribution in [3.63, 3.8) is 0 Å². The molecule has 0 saturated heterocycles. The number of anilines is 1. The van der Waals surface area contributed by atoms with Crippen LogP contribution in [0.1, 0.15) is 36.1 Å². The second kappa shape index (κ2) is 5.99. The van der Waals surface area contributed by atoms with Crippen LogP contribution in [0.15, 0.2) is 30.7 Å². The van der Waals surface area contributed by atoms with Gasteiger partial charge in [0.05, 0.1) is 12.6 Å². The van der Waals surface area contributed by atoms with E-state index in [1.54, 1.807) is 37.6 Å². The van der Waals surface area contributed by atoms with Gasteiger partial charge in [0.15, 0.2) is 0 Å². The molecule has 0 bridgehead atoms. The summed E-state index contributed by atoms with van der Waals surface area (Å²) >= 11 is 0. The van der Waals surface area contributed by atoms with Gasteiger partial charge in [-0.05, 0) is 26.0 Å². The third-order valence-electron chi connectivity index (χ3n) is 2.59. The first-order valence-electron chi connectivity index (χ1n) is 6.10. The number of imidazole rings is 1. The van der Waals surface area contributed by atoms with Crippen molar-refractivity contribution in [2.24, 2.45) is 0 Å². The SMILES string of the molecule is CCOC(=O)c1cccnc1NC(C)c1ncc[nH]1. The average Bonchev–Trinajstić information content (AvgIpc) is 2.93.